The monoisotopic (exact) mass is 245 g/mol. The van der Waals surface area contributed by atoms with Gasteiger partial charge in [0.1, 0.15) is 0 Å². The minimum Gasteiger partial charge on any atom is -0.481 e. The van der Waals surface area contributed by atoms with Gasteiger partial charge in [-0.15, -0.1) is 12.8 Å². The van der Waals surface area contributed by atoms with E-state index >= 15 is 0 Å². The lowest BCUT2D eigenvalue weighted by atomic mass is 9.97. The highest BCUT2D eigenvalue weighted by molar-refractivity contribution is 5.67. The average molecular weight is 245 g/mol. The van der Waals surface area contributed by atoms with Crippen molar-refractivity contribution < 1.29 is 24.2 Å². The molecule has 98 valence electrons. The molecule has 0 radical (unpaired) electrons. The van der Waals surface area contributed by atoms with Crippen LogP contribution in [0.5, 0.6) is 0 Å². The summed E-state index contributed by atoms with van der Waals surface area (Å²) in [5, 5.41) is 8.42. The normalized spacial score (nSPS) is 14.3. The second-order valence-corrected chi connectivity index (χ2v) is 3.18. The molecule has 1 rings (SSSR count). The third-order valence-electron chi connectivity index (χ3n) is 2.01. The predicted octanol–water partition coefficient (Wildman–Crippen LogP) is 0.849. The van der Waals surface area contributed by atoms with Crippen molar-refractivity contribution in [2.45, 2.75) is 19.3 Å². The Hall–Kier alpha value is -1.74. The van der Waals surface area contributed by atoms with E-state index in [-0.39, 0.29) is 0 Å². The first-order valence-electron chi connectivity index (χ1n) is 5.02. The number of nitrogens with two attached hydrogens (primary N) is 1. The molecule has 3 N–H and O–H groups in total. The highest BCUT2D eigenvalue weighted by Crippen LogP contribution is 2.17. The summed E-state index contributed by atoms with van der Waals surface area (Å²) >= 11 is 0. The SMILES string of the molecule is C#C.COC(N)=O.O=C(O)CC1CCOCC1. The van der Waals surface area contributed by atoms with E-state index < -0.39 is 12.1 Å². The lowest BCUT2D eigenvalue weighted by Gasteiger charge is -2.19. The Morgan fingerprint density at radius 1 is 1.41 bits per heavy atom. The van der Waals surface area contributed by atoms with Gasteiger partial charge < -0.3 is 20.3 Å². The fraction of sp³-hybridized carbons (Fsp3) is 0.636. The fourth-order valence-corrected chi connectivity index (χ4v) is 1.20. The number of carbonyl (C=O) groups is 2. The molecule has 1 heterocycles. The first kappa shape index (κ1) is 17.6. The number of terminal acetylenes is 1. The molecule has 1 amide bonds. The number of methoxy groups -OCH3 is 1. The summed E-state index contributed by atoms with van der Waals surface area (Å²) < 4.78 is 8.98. The van der Waals surface area contributed by atoms with Crippen molar-refractivity contribution >= 4 is 12.1 Å². The number of carbonyl (C=O) groups excluding carboxylic acids is 1. The van der Waals surface area contributed by atoms with Gasteiger partial charge in [0.15, 0.2) is 0 Å². The summed E-state index contributed by atoms with van der Waals surface area (Å²) in [6.45, 7) is 1.47. The van der Waals surface area contributed by atoms with Crippen LogP contribution in [0.15, 0.2) is 0 Å². The van der Waals surface area contributed by atoms with Gasteiger partial charge in [0.2, 0.25) is 0 Å². The zero-order valence-corrected chi connectivity index (χ0v) is 9.93. The zero-order valence-electron chi connectivity index (χ0n) is 9.93. The van der Waals surface area contributed by atoms with Crippen molar-refractivity contribution in [1.29, 1.82) is 0 Å². The van der Waals surface area contributed by atoms with Gasteiger partial charge >= 0.3 is 12.1 Å². The fourth-order valence-electron chi connectivity index (χ4n) is 1.20. The van der Waals surface area contributed by atoms with Crippen molar-refractivity contribution in [3.8, 4) is 12.8 Å². The highest BCUT2D eigenvalue weighted by Gasteiger charge is 2.16. The number of ether oxygens (including phenoxy) is 2. The van der Waals surface area contributed by atoms with Crippen LogP contribution in [0.25, 0.3) is 0 Å². The third-order valence-corrected chi connectivity index (χ3v) is 2.01. The maximum absolute atomic E-state index is 10.2. The largest absolute Gasteiger partial charge is 0.481 e. The van der Waals surface area contributed by atoms with Gasteiger partial charge in [-0.1, -0.05) is 0 Å². The first-order chi connectivity index (χ1) is 8.06. The van der Waals surface area contributed by atoms with Crippen LogP contribution in [0.1, 0.15) is 19.3 Å². The number of hydrogen-bond donors (Lipinski definition) is 2. The van der Waals surface area contributed by atoms with Crippen molar-refractivity contribution in [1.82, 2.24) is 0 Å². The van der Waals surface area contributed by atoms with Crippen LogP contribution < -0.4 is 5.73 Å². The number of aliphatic carboxylic acids is 1. The van der Waals surface area contributed by atoms with Crippen LogP contribution in [-0.4, -0.2) is 37.5 Å². The summed E-state index contributed by atoms with van der Waals surface area (Å²) in [6, 6.07) is 0. The van der Waals surface area contributed by atoms with E-state index in [2.05, 4.69) is 23.3 Å². The van der Waals surface area contributed by atoms with Crippen LogP contribution in [0.3, 0.4) is 0 Å². The van der Waals surface area contributed by atoms with E-state index in [1.807, 2.05) is 0 Å². The van der Waals surface area contributed by atoms with Crippen LogP contribution >= 0.6 is 0 Å². The summed E-state index contributed by atoms with van der Waals surface area (Å²) in [7, 11) is 1.22. The Morgan fingerprint density at radius 3 is 2.12 bits per heavy atom. The van der Waals surface area contributed by atoms with E-state index in [0.29, 0.717) is 12.3 Å². The Bertz CT molecular complexity index is 233. The van der Waals surface area contributed by atoms with Crippen LogP contribution in [0.2, 0.25) is 0 Å². The highest BCUT2D eigenvalue weighted by atomic mass is 16.5. The molecule has 0 unspecified atom stereocenters. The van der Waals surface area contributed by atoms with E-state index in [4.69, 9.17) is 9.84 Å². The van der Waals surface area contributed by atoms with Crippen molar-refractivity contribution in [3.63, 3.8) is 0 Å². The van der Waals surface area contributed by atoms with Gasteiger partial charge in [-0.05, 0) is 18.8 Å². The van der Waals surface area contributed by atoms with Crippen molar-refractivity contribution in [2.24, 2.45) is 11.7 Å². The Kier molecular flexibility index (Phi) is 12.8. The lowest BCUT2D eigenvalue weighted by Crippen LogP contribution is -2.18. The maximum Gasteiger partial charge on any atom is 0.404 e. The van der Waals surface area contributed by atoms with Crippen molar-refractivity contribution in [2.75, 3.05) is 20.3 Å². The zero-order chi connectivity index (χ0) is 13.7. The molecule has 6 nitrogen and oxygen atoms in total. The minimum absolute atomic E-state index is 0.309. The van der Waals surface area contributed by atoms with Gasteiger partial charge in [0, 0.05) is 19.6 Å². The molecule has 1 saturated heterocycles. The molecular formula is C11H19NO5. The molecule has 0 aromatic carbocycles. The van der Waals surface area contributed by atoms with Gasteiger partial charge in [0.05, 0.1) is 7.11 Å². The topological polar surface area (TPSA) is 98.9 Å². The quantitative estimate of drug-likeness (QED) is 0.702. The third kappa shape index (κ3) is 14.3. The Morgan fingerprint density at radius 2 is 1.82 bits per heavy atom. The number of rotatable bonds is 2. The Labute approximate surface area is 101 Å². The number of carboxylic acid groups (broad SMARTS) is 1. The van der Waals surface area contributed by atoms with Gasteiger partial charge in [-0.25, -0.2) is 4.79 Å². The van der Waals surface area contributed by atoms with Gasteiger partial charge in [0.25, 0.3) is 0 Å². The summed E-state index contributed by atoms with van der Waals surface area (Å²) in [6.07, 6.45) is 9.38. The second kappa shape index (κ2) is 12.3. The molecule has 0 aliphatic carbocycles. The standard InChI is InChI=1S/C7H12O3.C2H5NO2.C2H2/c8-7(9)5-6-1-3-10-4-2-6;1-5-2(3)4;1-2/h6H,1-5H2,(H,8,9);1H3,(H2,3,4);1-2H. The lowest BCUT2D eigenvalue weighted by molar-refractivity contribution is -0.138. The molecule has 0 saturated carbocycles. The molecule has 17 heavy (non-hydrogen) atoms. The summed E-state index contributed by atoms with van der Waals surface area (Å²) in [5.41, 5.74) is 4.43. The summed E-state index contributed by atoms with van der Waals surface area (Å²) in [4.78, 5) is 19.6. The second-order valence-electron chi connectivity index (χ2n) is 3.18. The maximum atomic E-state index is 10.2. The minimum atomic E-state index is -0.745. The van der Waals surface area contributed by atoms with E-state index in [0.717, 1.165) is 26.1 Å². The molecule has 1 aliphatic heterocycles. The average Bonchev–Trinajstić information content (AvgIpc) is 2.33. The molecule has 1 aliphatic rings. The van der Waals surface area contributed by atoms with E-state index in [9.17, 15) is 9.59 Å². The molecule has 1 fully saturated rings. The Balaban J connectivity index is 0. The van der Waals surface area contributed by atoms with Crippen LogP contribution in [0.4, 0.5) is 4.79 Å². The molecule has 0 aromatic rings. The van der Waals surface area contributed by atoms with Crippen LogP contribution in [0, 0.1) is 18.8 Å². The van der Waals surface area contributed by atoms with Crippen molar-refractivity contribution in [3.05, 3.63) is 0 Å². The predicted molar refractivity (Wildman–Crippen MR) is 62.3 cm³/mol. The molecule has 0 bridgehead atoms. The van der Waals surface area contributed by atoms with Gasteiger partial charge in [-0.2, -0.15) is 0 Å². The van der Waals surface area contributed by atoms with E-state index in [1.165, 1.54) is 7.11 Å². The molecule has 0 spiro atoms. The van der Waals surface area contributed by atoms with E-state index in [1.54, 1.807) is 0 Å². The number of hydrogen-bond acceptors (Lipinski definition) is 4. The molecule has 6 heteroatoms. The molecule has 0 atom stereocenters. The number of primary amides is 1. The number of amides is 1. The molecular weight excluding hydrogens is 226 g/mol. The molecule has 0 aromatic heterocycles. The van der Waals surface area contributed by atoms with Gasteiger partial charge in [-0.3, -0.25) is 4.79 Å². The van der Waals surface area contributed by atoms with Crippen LogP contribution in [-0.2, 0) is 14.3 Å². The summed E-state index contributed by atoms with van der Waals surface area (Å²) in [5.74, 6) is -0.335. The number of carboxylic acids is 1. The smallest absolute Gasteiger partial charge is 0.404 e. The first-order valence-corrected chi connectivity index (χ1v) is 5.02.